The van der Waals surface area contributed by atoms with Crippen LogP contribution in [0.1, 0.15) is 18.2 Å². The predicted molar refractivity (Wildman–Crippen MR) is 70.5 cm³/mol. The number of amides is 1. The SMILES string of the molecule is CC(=O)N1CCc2c(c3c(Cl)ccnc3n2C)C1. The molecular weight excluding hydrogens is 250 g/mol. The maximum absolute atomic E-state index is 11.5. The van der Waals surface area contributed by atoms with E-state index in [2.05, 4.69) is 9.55 Å². The lowest BCUT2D eigenvalue weighted by atomic mass is 10.1. The zero-order valence-electron chi connectivity index (χ0n) is 10.4. The van der Waals surface area contributed by atoms with Crippen LogP contribution in [0, 0.1) is 0 Å². The highest BCUT2D eigenvalue weighted by Gasteiger charge is 2.25. The summed E-state index contributed by atoms with van der Waals surface area (Å²) in [6.45, 7) is 3.01. The zero-order chi connectivity index (χ0) is 12.9. The molecule has 0 aliphatic carbocycles. The van der Waals surface area contributed by atoms with E-state index in [1.54, 1.807) is 19.2 Å². The van der Waals surface area contributed by atoms with E-state index >= 15 is 0 Å². The first-order valence-electron chi connectivity index (χ1n) is 5.95. The Labute approximate surface area is 110 Å². The second-order valence-corrected chi connectivity index (χ2v) is 5.07. The molecule has 1 aliphatic rings. The first-order valence-corrected chi connectivity index (χ1v) is 6.33. The summed E-state index contributed by atoms with van der Waals surface area (Å²) in [6, 6.07) is 1.80. The van der Waals surface area contributed by atoms with Crippen LogP contribution in [-0.4, -0.2) is 26.9 Å². The van der Waals surface area contributed by atoms with Crippen LogP contribution in [-0.2, 0) is 24.8 Å². The Morgan fingerprint density at radius 2 is 2.28 bits per heavy atom. The van der Waals surface area contributed by atoms with Crippen LogP contribution in [0.5, 0.6) is 0 Å². The van der Waals surface area contributed by atoms with Gasteiger partial charge in [0.05, 0.1) is 5.02 Å². The number of fused-ring (bicyclic) bond motifs is 3. The van der Waals surface area contributed by atoms with Crippen LogP contribution in [0.15, 0.2) is 12.3 Å². The van der Waals surface area contributed by atoms with Gasteiger partial charge in [-0.1, -0.05) is 11.6 Å². The van der Waals surface area contributed by atoms with E-state index in [4.69, 9.17) is 11.6 Å². The molecule has 0 radical (unpaired) electrons. The number of carbonyl (C=O) groups excluding carboxylic acids is 1. The number of hydrogen-bond donors (Lipinski definition) is 0. The minimum absolute atomic E-state index is 0.109. The van der Waals surface area contributed by atoms with E-state index < -0.39 is 0 Å². The fourth-order valence-corrected chi connectivity index (χ4v) is 2.96. The molecule has 0 fully saturated rings. The fourth-order valence-electron chi connectivity index (χ4n) is 2.70. The van der Waals surface area contributed by atoms with E-state index in [1.165, 1.54) is 5.69 Å². The topological polar surface area (TPSA) is 38.1 Å². The third kappa shape index (κ3) is 1.52. The summed E-state index contributed by atoms with van der Waals surface area (Å²) in [5.74, 6) is 0.109. The third-order valence-corrected chi connectivity index (χ3v) is 3.98. The summed E-state index contributed by atoms with van der Waals surface area (Å²) in [5.41, 5.74) is 3.29. The Morgan fingerprint density at radius 1 is 1.50 bits per heavy atom. The third-order valence-electron chi connectivity index (χ3n) is 3.67. The van der Waals surface area contributed by atoms with Crippen molar-refractivity contribution in [2.45, 2.75) is 19.9 Å². The molecule has 18 heavy (non-hydrogen) atoms. The van der Waals surface area contributed by atoms with Gasteiger partial charge >= 0.3 is 0 Å². The normalized spacial score (nSPS) is 14.9. The maximum atomic E-state index is 11.5. The van der Waals surface area contributed by atoms with Crippen LogP contribution < -0.4 is 0 Å². The number of aryl methyl sites for hydroxylation is 1. The van der Waals surface area contributed by atoms with Gasteiger partial charge < -0.3 is 9.47 Å². The van der Waals surface area contributed by atoms with Crippen LogP contribution in [0.2, 0.25) is 5.02 Å². The Balaban J connectivity index is 2.24. The van der Waals surface area contributed by atoms with E-state index in [1.807, 2.05) is 11.9 Å². The molecule has 0 saturated heterocycles. The molecule has 1 aliphatic heterocycles. The number of halogens is 1. The van der Waals surface area contributed by atoms with Crippen molar-refractivity contribution in [3.8, 4) is 0 Å². The molecule has 3 heterocycles. The Hall–Kier alpha value is -1.55. The zero-order valence-corrected chi connectivity index (χ0v) is 11.2. The van der Waals surface area contributed by atoms with E-state index in [0.717, 1.165) is 29.6 Å². The molecule has 1 amide bonds. The average Bonchev–Trinajstić information content (AvgIpc) is 2.64. The van der Waals surface area contributed by atoms with Gasteiger partial charge in [0.2, 0.25) is 5.91 Å². The molecule has 2 aromatic heterocycles. The average molecular weight is 264 g/mol. The summed E-state index contributed by atoms with van der Waals surface area (Å²) in [7, 11) is 2.01. The highest BCUT2D eigenvalue weighted by atomic mass is 35.5. The van der Waals surface area contributed by atoms with Gasteiger partial charge in [-0.05, 0) is 6.07 Å². The number of carbonyl (C=O) groups is 1. The van der Waals surface area contributed by atoms with Crippen molar-refractivity contribution in [2.24, 2.45) is 7.05 Å². The Kier molecular flexibility index (Phi) is 2.55. The van der Waals surface area contributed by atoms with Gasteiger partial charge in [-0.3, -0.25) is 4.79 Å². The number of pyridine rings is 1. The smallest absolute Gasteiger partial charge is 0.219 e. The minimum Gasteiger partial charge on any atom is -0.338 e. The number of aromatic nitrogens is 2. The lowest BCUT2D eigenvalue weighted by Crippen LogP contribution is -2.34. The van der Waals surface area contributed by atoms with Gasteiger partial charge in [-0.15, -0.1) is 0 Å². The van der Waals surface area contributed by atoms with E-state index in [-0.39, 0.29) is 5.91 Å². The van der Waals surface area contributed by atoms with Gasteiger partial charge in [-0.2, -0.15) is 0 Å². The van der Waals surface area contributed by atoms with Crippen molar-refractivity contribution in [2.75, 3.05) is 6.54 Å². The van der Waals surface area contributed by atoms with Crippen molar-refractivity contribution in [3.05, 3.63) is 28.5 Å². The number of rotatable bonds is 0. The van der Waals surface area contributed by atoms with Crippen LogP contribution in [0.4, 0.5) is 0 Å². The van der Waals surface area contributed by atoms with Crippen molar-refractivity contribution < 1.29 is 4.79 Å². The molecule has 2 aromatic rings. The molecule has 4 nitrogen and oxygen atoms in total. The van der Waals surface area contributed by atoms with Crippen molar-refractivity contribution >= 4 is 28.5 Å². The molecule has 0 N–H and O–H groups in total. The van der Waals surface area contributed by atoms with Crippen LogP contribution >= 0.6 is 11.6 Å². The lowest BCUT2D eigenvalue weighted by molar-refractivity contribution is -0.129. The van der Waals surface area contributed by atoms with E-state index in [0.29, 0.717) is 11.6 Å². The standard InChI is InChI=1S/C13H14ClN3O/c1-8(18)17-6-4-11-9(7-17)12-10(14)3-5-15-13(12)16(11)2/h3,5H,4,6-7H2,1-2H3. The largest absolute Gasteiger partial charge is 0.338 e. The Bertz CT molecular complexity index is 647. The van der Waals surface area contributed by atoms with Gasteiger partial charge in [0.1, 0.15) is 5.65 Å². The maximum Gasteiger partial charge on any atom is 0.219 e. The van der Waals surface area contributed by atoms with Gasteiger partial charge in [0.25, 0.3) is 0 Å². The van der Waals surface area contributed by atoms with E-state index in [9.17, 15) is 4.79 Å². The van der Waals surface area contributed by atoms with Gasteiger partial charge in [0, 0.05) is 56.3 Å². The van der Waals surface area contributed by atoms with Gasteiger partial charge in [-0.25, -0.2) is 4.98 Å². The molecule has 0 saturated carbocycles. The first-order chi connectivity index (χ1) is 8.59. The number of nitrogens with zero attached hydrogens (tertiary/aromatic N) is 3. The van der Waals surface area contributed by atoms with Crippen molar-refractivity contribution in [1.29, 1.82) is 0 Å². The van der Waals surface area contributed by atoms with Crippen LogP contribution in [0.25, 0.3) is 11.0 Å². The van der Waals surface area contributed by atoms with Crippen LogP contribution in [0.3, 0.4) is 0 Å². The molecule has 0 spiro atoms. The summed E-state index contributed by atoms with van der Waals surface area (Å²) in [4.78, 5) is 17.8. The molecular formula is C13H14ClN3O. The molecule has 0 bridgehead atoms. The highest BCUT2D eigenvalue weighted by molar-refractivity contribution is 6.35. The predicted octanol–water partition coefficient (Wildman–Crippen LogP) is 2.13. The lowest BCUT2D eigenvalue weighted by Gasteiger charge is -2.26. The summed E-state index contributed by atoms with van der Waals surface area (Å²) in [5, 5.41) is 1.70. The fraction of sp³-hybridized carbons (Fsp3) is 0.385. The number of hydrogen-bond acceptors (Lipinski definition) is 2. The second kappa shape index (κ2) is 3.99. The van der Waals surface area contributed by atoms with Gasteiger partial charge in [0.15, 0.2) is 0 Å². The second-order valence-electron chi connectivity index (χ2n) is 4.67. The highest BCUT2D eigenvalue weighted by Crippen LogP contribution is 2.33. The minimum atomic E-state index is 0.109. The molecule has 3 rings (SSSR count). The first kappa shape index (κ1) is 11.5. The summed E-state index contributed by atoms with van der Waals surface area (Å²) >= 11 is 6.28. The monoisotopic (exact) mass is 263 g/mol. The quantitative estimate of drug-likeness (QED) is 0.730. The molecule has 94 valence electrons. The summed E-state index contributed by atoms with van der Waals surface area (Å²) in [6.07, 6.45) is 2.58. The summed E-state index contributed by atoms with van der Waals surface area (Å²) < 4.78 is 2.09. The molecule has 0 aromatic carbocycles. The molecule has 0 unspecified atom stereocenters. The van der Waals surface area contributed by atoms with Crippen molar-refractivity contribution in [1.82, 2.24) is 14.5 Å². The molecule has 5 heteroatoms. The molecule has 0 atom stereocenters. The Morgan fingerprint density at radius 3 is 3.00 bits per heavy atom. The van der Waals surface area contributed by atoms with Crippen molar-refractivity contribution in [3.63, 3.8) is 0 Å².